The fourth-order valence-electron chi connectivity index (χ4n) is 1.84. The van der Waals surface area contributed by atoms with Crippen LogP contribution in [-0.2, 0) is 0 Å². The van der Waals surface area contributed by atoms with Gasteiger partial charge in [-0.25, -0.2) is 9.97 Å². The number of hydrogen-bond acceptors (Lipinski definition) is 5. The van der Waals surface area contributed by atoms with E-state index in [0.29, 0.717) is 12.6 Å². The predicted octanol–water partition coefficient (Wildman–Crippen LogP) is 1.23. The molecule has 5 nitrogen and oxygen atoms in total. The van der Waals surface area contributed by atoms with Crippen LogP contribution in [0.4, 0.5) is 11.6 Å². The Labute approximate surface area is 102 Å². The molecule has 0 aliphatic heterocycles. The first-order valence-electron chi connectivity index (χ1n) is 6.29. The van der Waals surface area contributed by atoms with Crippen molar-refractivity contribution in [3.05, 3.63) is 12.4 Å². The standard InChI is InChI=1S/C12H21N5/c1-17(7-3-6-13)12-8-11(14-9-15-12)16-10-4-2-5-10/h8-10H,2-7,13H2,1H3,(H,14,15,16). The Hall–Kier alpha value is -1.36. The van der Waals surface area contributed by atoms with Crippen LogP contribution in [-0.4, -0.2) is 36.1 Å². The van der Waals surface area contributed by atoms with E-state index in [-0.39, 0.29) is 0 Å². The molecule has 1 saturated carbocycles. The number of nitrogens with one attached hydrogen (secondary N) is 1. The lowest BCUT2D eigenvalue weighted by Gasteiger charge is -2.27. The van der Waals surface area contributed by atoms with Gasteiger partial charge < -0.3 is 16.0 Å². The maximum absolute atomic E-state index is 5.50. The van der Waals surface area contributed by atoms with E-state index < -0.39 is 0 Å². The number of rotatable bonds is 6. The molecule has 1 fully saturated rings. The second kappa shape index (κ2) is 5.82. The van der Waals surface area contributed by atoms with E-state index in [9.17, 15) is 0 Å². The van der Waals surface area contributed by atoms with Gasteiger partial charge in [-0.2, -0.15) is 0 Å². The molecule has 0 atom stereocenters. The van der Waals surface area contributed by atoms with Crippen LogP contribution in [0.2, 0.25) is 0 Å². The minimum Gasteiger partial charge on any atom is -0.367 e. The van der Waals surface area contributed by atoms with Crippen molar-refractivity contribution in [2.45, 2.75) is 31.7 Å². The zero-order chi connectivity index (χ0) is 12.1. The monoisotopic (exact) mass is 235 g/mol. The van der Waals surface area contributed by atoms with Gasteiger partial charge >= 0.3 is 0 Å². The van der Waals surface area contributed by atoms with Gasteiger partial charge in [0.2, 0.25) is 0 Å². The molecule has 1 aliphatic carbocycles. The molecule has 17 heavy (non-hydrogen) atoms. The average Bonchev–Trinajstić information content (AvgIpc) is 2.31. The van der Waals surface area contributed by atoms with Gasteiger partial charge in [0.1, 0.15) is 18.0 Å². The fraction of sp³-hybridized carbons (Fsp3) is 0.667. The highest BCUT2D eigenvalue weighted by molar-refractivity contribution is 5.48. The largest absolute Gasteiger partial charge is 0.367 e. The third-order valence-electron chi connectivity index (χ3n) is 3.20. The second-order valence-electron chi connectivity index (χ2n) is 4.60. The number of aromatic nitrogens is 2. The number of anilines is 2. The van der Waals surface area contributed by atoms with Gasteiger partial charge in [0.25, 0.3) is 0 Å². The van der Waals surface area contributed by atoms with Crippen LogP contribution < -0.4 is 16.0 Å². The lowest BCUT2D eigenvalue weighted by molar-refractivity contribution is 0.444. The number of nitrogens with two attached hydrogens (primary N) is 1. The normalized spacial score (nSPS) is 15.4. The van der Waals surface area contributed by atoms with Crippen molar-refractivity contribution in [2.75, 3.05) is 30.4 Å². The molecule has 1 aromatic rings. The third-order valence-corrected chi connectivity index (χ3v) is 3.20. The SMILES string of the molecule is CN(CCCN)c1cc(NC2CCC2)ncn1. The molecule has 94 valence electrons. The third kappa shape index (κ3) is 3.30. The van der Waals surface area contributed by atoms with Gasteiger partial charge in [0, 0.05) is 25.7 Å². The van der Waals surface area contributed by atoms with E-state index in [1.54, 1.807) is 6.33 Å². The molecular formula is C12H21N5. The molecule has 0 saturated heterocycles. The van der Waals surface area contributed by atoms with Crippen molar-refractivity contribution >= 4 is 11.6 Å². The van der Waals surface area contributed by atoms with E-state index in [4.69, 9.17) is 5.73 Å². The van der Waals surface area contributed by atoms with Gasteiger partial charge in [0.15, 0.2) is 0 Å². The summed E-state index contributed by atoms with van der Waals surface area (Å²) in [5.74, 6) is 1.88. The zero-order valence-corrected chi connectivity index (χ0v) is 10.4. The van der Waals surface area contributed by atoms with E-state index >= 15 is 0 Å². The Morgan fingerprint density at radius 1 is 1.47 bits per heavy atom. The molecular weight excluding hydrogens is 214 g/mol. The molecule has 3 N–H and O–H groups in total. The molecule has 2 rings (SSSR count). The van der Waals surface area contributed by atoms with Crippen LogP contribution in [0, 0.1) is 0 Å². The van der Waals surface area contributed by atoms with E-state index in [1.807, 2.05) is 13.1 Å². The van der Waals surface area contributed by atoms with Crippen molar-refractivity contribution < 1.29 is 0 Å². The summed E-state index contributed by atoms with van der Waals surface area (Å²) in [5, 5.41) is 3.43. The summed E-state index contributed by atoms with van der Waals surface area (Å²) in [6.07, 6.45) is 6.43. The Balaban J connectivity index is 1.94. The number of hydrogen-bond donors (Lipinski definition) is 2. The fourth-order valence-corrected chi connectivity index (χ4v) is 1.84. The summed E-state index contributed by atoms with van der Waals surface area (Å²) in [6.45, 7) is 1.64. The van der Waals surface area contributed by atoms with Gasteiger partial charge in [-0.1, -0.05) is 0 Å². The van der Waals surface area contributed by atoms with Crippen molar-refractivity contribution in [1.29, 1.82) is 0 Å². The molecule has 0 unspecified atom stereocenters. The first kappa shape index (κ1) is 12.1. The minimum atomic E-state index is 0.604. The summed E-state index contributed by atoms with van der Waals surface area (Å²) >= 11 is 0. The van der Waals surface area contributed by atoms with Crippen LogP contribution in [0.5, 0.6) is 0 Å². The van der Waals surface area contributed by atoms with Crippen molar-refractivity contribution in [3.63, 3.8) is 0 Å². The quantitative estimate of drug-likeness (QED) is 0.776. The van der Waals surface area contributed by atoms with Gasteiger partial charge in [-0.3, -0.25) is 0 Å². The maximum Gasteiger partial charge on any atom is 0.133 e. The molecule has 0 bridgehead atoms. The Morgan fingerprint density at radius 2 is 2.29 bits per heavy atom. The average molecular weight is 235 g/mol. The van der Waals surface area contributed by atoms with Crippen molar-refractivity contribution in [1.82, 2.24) is 9.97 Å². The Kier molecular flexibility index (Phi) is 4.14. The highest BCUT2D eigenvalue weighted by Crippen LogP contribution is 2.23. The van der Waals surface area contributed by atoms with E-state index in [1.165, 1.54) is 19.3 Å². The Morgan fingerprint density at radius 3 is 2.94 bits per heavy atom. The molecule has 0 radical (unpaired) electrons. The lowest BCUT2D eigenvalue weighted by atomic mass is 9.93. The summed E-state index contributed by atoms with van der Waals surface area (Å²) in [7, 11) is 2.03. The molecule has 1 heterocycles. The molecule has 0 amide bonds. The topological polar surface area (TPSA) is 67.1 Å². The first-order chi connectivity index (χ1) is 8.29. The summed E-state index contributed by atoms with van der Waals surface area (Å²) in [4.78, 5) is 10.6. The smallest absolute Gasteiger partial charge is 0.133 e. The zero-order valence-electron chi connectivity index (χ0n) is 10.4. The summed E-state index contributed by atoms with van der Waals surface area (Å²) < 4.78 is 0. The van der Waals surface area contributed by atoms with Crippen LogP contribution >= 0.6 is 0 Å². The molecule has 1 aromatic heterocycles. The summed E-state index contributed by atoms with van der Waals surface area (Å²) in [5.41, 5.74) is 5.50. The van der Waals surface area contributed by atoms with Gasteiger partial charge in [-0.15, -0.1) is 0 Å². The van der Waals surface area contributed by atoms with Crippen LogP contribution in [0.3, 0.4) is 0 Å². The van der Waals surface area contributed by atoms with Crippen LogP contribution in [0.15, 0.2) is 12.4 Å². The number of nitrogens with zero attached hydrogens (tertiary/aromatic N) is 3. The first-order valence-corrected chi connectivity index (χ1v) is 6.29. The second-order valence-corrected chi connectivity index (χ2v) is 4.60. The highest BCUT2D eigenvalue weighted by Gasteiger charge is 2.17. The summed E-state index contributed by atoms with van der Waals surface area (Å²) in [6, 6.07) is 2.61. The predicted molar refractivity (Wildman–Crippen MR) is 70.2 cm³/mol. The van der Waals surface area contributed by atoms with E-state index in [2.05, 4.69) is 20.2 Å². The highest BCUT2D eigenvalue weighted by atomic mass is 15.2. The van der Waals surface area contributed by atoms with Crippen LogP contribution in [0.1, 0.15) is 25.7 Å². The molecule has 1 aliphatic rings. The maximum atomic E-state index is 5.50. The molecule has 5 heteroatoms. The molecule has 0 spiro atoms. The Bertz CT molecular complexity index is 351. The minimum absolute atomic E-state index is 0.604. The van der Waals surface area contributed by atoms with Crippen LogP contribution in [0.25, 0.3) is 0 Å². The van der Waals surface area contributed by atoms with Gasteiger partial charge in [-0.05, 0) is 32.2 Å². The molecule has 0 aromatic carbocycles. The van der Waals surface area contributed by atoms with Crippen molar-refractivity contribution in [3.8, 4) is 0 Å². The van der Waals surface area contributed by atoms with Crippen molar-refractivity contribution in [2.24, 2.45) is 5.73 Å². The van der Waals surface area contributed by atoms with Gasteiger partial charge in [0.05, 0.1) is 0 Å². The van der Waals surface area contributed by atoms with E-state index in [0.717, 1.165) is 24.6 Å². The lowest BCUT2D eigenvalue weighted by Crippen LogP contribution is -2.28.